The standard InChI is InChI=1S/C23H32N2O4S/c1-4-6-10-19(5-2)17-24-23(26)18-25(20-11-8-7-9-12-20)30(27,28)22-15-13-21(29-3)14-16-22/h7-9,11-16,19H,4-6,10,17-18H2,1-3H3,(H,24,26)/t19-/m1/s1. The number of rotatable bonds is 12. The minimum atomic E-state index is -3.92. The van der Waals surface area contributed by atoms with Crippen LogP contribution in [0.1, 0.15) is 39.5 Å². The van der Waals surface area contributed by atoms with Crippen LogP contribution in [0.4, 0.5) is 5.69 Å². The summed E-state index contributed by atoms with van der Waals surface area (Å²) in [5.41, 5.74) is 0.446. The lowest BCUT2D eigenvalue weighted by Crippen LogP contribution is -2.42. The van der Waals surface area contributed by atoms with Crippen LogP contribution in [-0.2, 0) is 14.8 Å². The van der Waals surface area contributed by atoms with E-state index in [1.54, 1.807) is 42.5 Å². The Morgan fingerprint density at radius 3 is 2.30 bits per heavy atom. The maximum Gasteiger partial charge on any atom is 0.264 e. The summed E-state index contributed by atoms with van der Waals surface area (Å²) < 4.78 is 32.9. The first kappa shape index (κ1) is 23.7. The van der Waals surface area contributed by atoms with Crippen molar-refractivity contribution in [1.29, 1.82) is 0 Å². The number of benzene rings is 2. The SMILES string of the molecule is CCCC[C@@H](CC)CNC(=O)CN(c1ccccc1)S(=O)(=O)c1ccc(OC)cc1. The van der Waals surface area contributed by atoms with Crippen molar-refractivity contribution < 1.29 is 17.9 Å². The molecule has 0 aliphatic rings. The molecule has 0 saturated carbocycles. The zero-order valence-corrected chi connectivity index (χ0v) is 18.8. The minimum Gasteiger partial charge on any atom is -0.497 e. The third-order valence-corrected chi connectivity index (χ3v) is 6.90. The summed E-state index contributed by atoms with van der Waals surface area (Å²) in [4.78, 5) is 12.8. The highest BCUT2D eigenvalue weighted by Crippen LogP contribution is 2.25. The Balaban J connectivity index is 2.20. The van der Waals surface area contributed by atoms with Gasteiger partial charge < -0.3 is 10.1 Å². The zero-order chi connectivity index (χ0) is 22.0. The molecule has 1 atom stereocenters. The smallest absolute Gasteiger partial charge is 0.264 e. The molecule has 0 unspecified atom stereocenters. The molecule has 0 radical (unpaired) electrons. The van der Waals surface area contributed by atoms with E-state index in [1.165, 1.54) is 19.2 Å². The lowest BCUT2D eigenvalue weighted by Gasteiger charge is -2.24. The molecule has 1 N–H and O–H groups in total. The number of nitrogens with one attached hydrogen (secondary N) is 1. The molecule has 164 valence electrons. The van der Waals surface area contributed by atoms with Gasteiger partial charge in [-0.2, -0.15) is 0 Å². The van der Waals surface area contributed by atoms with Gasteiger partial charge in [-0.15, -0.1) is 0 Å². The Kier molecular flexibility index (Phi) is 9.17. The quantitative estimate of drug-likeness (QED) is 0.545. The number of anilines is 1. The van der Waals surface area contributed by atoms with Gasteiger partial charge in [0.1, 0.15) is 12.3 Å². The second kappa shape index (κ2) is 11.6. The Hall–Kier alpha value is -2.54. The fourth-order valence-electron chi connectivity index (χ4n) is 3.17. The highest BCUT2D eigenvalue weighted by molar-refractivity contribution is 7.92. The van der Waals surface area contributed by atoms with Gasteiger partial charge in [0, 0.05) is 6.54 Å². The largest absolute Gasteiger partial charge is 0.497 e. The average molecular weight is 433 g/mol. The van der Waals surface area contributed by atoms with Crippen LogP contribution in [-0.4, -0.2) is 34.5 Å². The normalized spacial score (nSPS) is 12.2. The van der Waals surface area contributed by atoms with E-state index in [-0.39, 0.29) is 17.3 Å². The molecule has 0 saturated heterocycles. The van der Waals surface area contributed by atoms with E-state index in [1.807, 2.05) is 0 Å². The molecular formula is C23H32N2O4S. The van der Waals surface area contributed by atoms with Crippen LogP contribution in [0.2, 0.25) is 0 Å². The van der Waals surface area contributed by atoms with E-state index in [0.29, 0.717) is 23.9 Å². The van der Waals surface area contributed by atoms with Crippen molar-refractivity contribution in [3.8, 4) is 5.75 Å². The summed E-state index contributed by atoms with van der Waals surface area (Å²) in [6.45, 7) is 4.53. The fourth-order valence-corrected chi connectivity index (χ4v) is 4.59. The van der Waals surface area contributed by atoms with Crippen LogP contribution in [0.15, 0.2) is 59.5 Å². The van der Waals surface area contributed by atoms with Crippen molar-refractivity contribution in [3.63, 3.8) is 0 Å². The molecule has 6 nitrogen and oxygen atoms in total. The predicted molar refractivity (Wildman–Crippen MR) is 120 cm³/mol. The lowest BCUT2D eigenvalue weighted by molar-refractivity contribution is -0.119. The van der Waals surface area contributed by atoms with E-state index in [0.717, 1.165) is 30.0 Å². The number of carbonyl (C=O) groups excluding carboxylic acids is 1. The van der Waals surface area contributed by atoms with Gasteiger partial charge in [0.2, 0.25) is 5.91 Å². The lowest BCUT2D eigenvalue weighted by atomic mass is 9.99. The molecule has 1 amide bonds. The molecule has 2 aromatic carbocycles. The number of ether oxygens (including phenoxy) is 1. The number of hydrogen-bond acceptors (Lipinski definition) is 4. The topological polar surface area (TPSA) is 75.7 Å². The summed E-state index contributed by atoms with van der Waals surface area (Å²) in [5, 5.41) is 2.92. The molecule has 0 aliphatic heterocycles. The van der Waals surface area contributed by atoms with E-state index in [2.05, 4.69) is 19.2 Å². The van der Waals surface area contributed by atoms with Crippen LogP contribution >= 0.6 is 0 Å². The van der Waals surface area contributed by atoms with E-state index < -0.39 is 10.0 Å². The van der Waals surface area contributed by atoms with Gasteiger partial charge >= 0.3 is 0 Å². The molecule has 0 heterocycles. The summed E-state index contributed by atoms with van der Waals surface area (Å²) in [6.07, 6.45) is 4.27. The summed E-state index contributed by atoms with van der Waals surface area (Å²) in [5.74, 6) is 0.652. The number of methoxy groups -OCH3 is 1. The van der Waals surface area contributed by atoms with Gasteiger partial charge in [0.15, 0.2) is 0 Å². The first-order valence-electron chi connectivity index (χ1n) is 10.4. The molecule has 2 aromatic rings. The second-order valence-electron chi connectivity index (χ2n) is 7.24. The molecule has 2 rings (SSSR count). The summed E-state index contributed by atoms with van der Waals surface area (Å²) in [6, 6.07) is 14.8. The average Bonchev–Trinajstić information content (AvgIpc) is 2.78. The number of carbonyl (C=O) groups is 1. The van der Waals surface area contributed by atoms with Crippen LogP contribution in [0.25, 0.3) is 0 Å². The first-order chi connectivity index (χ1) is 14.4. The van der Waals surface area contributed by atoms with Crippen molar-refractivity contribution in [2.24, 2.45) is 5.92 Å². The summed E-state index contributed by atoms with van der Waals surface area (Å²) in [7, 11) is -2.39. The minimum absolute atomic E-state index is 0.106. The van der Waals surface area contributed by atoms with Gasteiger partial charge in [-0.05, 0) is 48.7 Å². The first-order valence-corrected chi connectivity index (χ1v) is 11.8. The van der Waals surface area contributed by atoms with Gasteiger partial charge in [-0.1, -0.05) is 51.3 Å². The van der Waals surface area contributed by atoms with Crippen molar-refractivity contribution >= 4 is 21.6 Å². The number of nitrogens with zero attached hydrogens (tertiary/aromatic N) is 1. The third-order valence-electron chi connectivity index (χ3n) is 5.11. The fraction of sp³-hybridized carbons (Fsp3) is 0.435. The van der Waals surface area contributed by atoms with Gasteiger partial charge in [-0.3, -0.25) is 9.10 Å². The molecule has 0 aliphatic carbocycles. The van der Waals surface area contributed by atoms with E-state index in [4.69, 9.17) is 4.74 Å². The Labute approximate surface area is 180 Å². The Morgan fingerprint density at radius 2 is 1.73 bits per heavy atom. The van der Waals surface area contributed by atoms with Gasteiger partial charge in [0.05, 0.1) is 17.7 Å². The molecular weight excluding hydrogens is 400 g/mol. The number of sulfonamides is 1. The highest BCUT2D eigenvalue weighted by Gasteiger charge is 2.27. The molecule has 0 aromatic heterocycles. The number of unbranched alkanes of at least 4 members (excludes halogenated alkanes) is 1. The van der Waals surface area contributed by atoms with Crippen molar-refractivity contribution in [2.45, 2.75) is 44.4 Å². The highest BCUT2D eigenvalue weighted by atomic mass is 32.2. The Bertz CT molecular complexity index is 883. The zero-order valence-electron chi connectivity index (χ0n) is 18.0. The van der Waals surface area contributed by atoms with Crippen LogP contribution < -0.4 is 14.4 Å². The van der Waals surface area contributed by atoms with Gasteiger partial charge in [-0.25, -0.2) is 8.42 Å². The maximum absolute atomic E-state index is 13.3. The molecule has 0 spiro atoms. The van der Waals surface area contributed by atoms with Crippen molar-refractivity contribution in [2.75, 3.05) is 24.5 Å². The Morgan fingerprint density at radius 1 is 1.07 bits per heavy atom. The molecule has 7 heteroatoms. The predicted octanol–water partition coefficient (Wildman–Crippen LogP) is 4.22. The monoisotopic (exact) mass is 432 g/mol. The second-order valence-corrected chi connectivity index (χ2v) is 9.11. The van der Waals surface area contributed by atoms with E-state index in [9.17, 15) is 13.2 Å². The van der Waals surface area contributed by atoms with Crippen molar-refractivity contribution in [3.05, 3.63) is 54.6 Å². The molecule has 0 bridgehead atoms. The third kappa shape index (κ3) is 6.49. The van der Waals surface area contributed by atoms with Crippen LogP contribution in [0.3, 0.4) is 0 Å². The number of hydrogen-bond donors (Lipinski definition) is 1. The summed E-state index contributed by atoms with van der Waals surface area (Å²) >= 11 is 0. The van der Waals surface area contributed by atoms with Crippen LogP contribution in [0, 0.1) is 5.92 Å². The van der Waals surface area contributed by atoms with Gasteiger partial charge in [0.25, 0.3) is 10.0 Å². The van der Waals surface area contributed by atoms with E-state index >= 15 is 0 Å². The molecule has 0 fully saturated rings. The van der Waals surface area contributed by atoms with Crippen LogP contribution in [0.5, 0.6) is 5.75 Å². The van der Waals surface area contributed by atoms with Crippen molar-refractivity contribution in [1.82, 2.24) is 5.32 Å². The number of para-hydroxylation sites is 1. The molecule has 30 heavy (non-hydrogen) atoms. The number of amides is 1. The maximum atomic E-state index is 13.3.